The molecule has 0 bridgehead atoms. The van der Waals surface area contributed by atoms with Crippen LogP contribution in [-0.2, 0) is 11.5 Å². The molecule has 104 valence electrons. The minimum absolute atomic E-state index is 0.0841. The van der Waals surface area contributed by atoms with Gasteiger partial charge in [-0.1, -0.05) is 12.1 Å². The number of non-ortho nitro benzene ring substituents is 1. The van der Waals surface area contributed by atoms with E-state index < -0.39 is 4.92 Å². The lowest BCUT2D eigenvalue weighted by Gasteiger charge is -2.00. The van der Waals surface area contributed by atoms with Crippen LogP contribution in [0.1, 0.15) is 10.4 Å². The summed E-state index contributed by atoms with van der Waals surface area (Å²) >= 11 is 0. The van der Waals surface area contributed by atoms with Crippen molar-refractivity contribution in [2.75, 3.05) is 12.8 Å². The average molecular weight is 276 g/mol. The van der Waals surface area contributed by atoms with Crippen LogP contribution in [0, 0.1) is 10.1 Å². The second-order valence-electron chi connectivity index (χ2n) is 3.99. The van der Waals surface area contributed by atoms with Gasteiger partial charge in [-0.25, -0.2) is 4.68 Å². The number of hydrogen-bond donors (Lipinski definition) is 1. The Labute approximate surface area is 113 Å². The van der Waals surface area contributed by atoms with Gasteiger partial charge in [0.2, 0.25) is 0 Å². The van der Waals surface area contributed by atoms with Gasteiger partial charge in [-0.05, 0) is 0 Å². The van der Waals surface area contributed by atoms with Crippen LogP contribution in [0.25, 0.3) is 11.3 Å². The number of ether oxygens (including phenoxy) is 1. The van der Waals surface area contributed by atoms with Gasteiger partial charge in [0.05, 0.1) is 10.5 Å². The second kappa shape index (κ2) is 5.49. The molecule has 0 aliphatic carbocycles. The molecule has 1 aromatic carbocycles. The van der Waals surface area contributed by atoms with Gasteiger partial charge in [-0.15, -0.1) is 0 Å². The molecule has 1 aromatic heterocycles. The molecule has 20 heavy (non-hydrogen) atoms. The van der Waals surface area contributed by atoms with E-state index in [2.05, 4.69) is 5.10 Å². The molecule has 0 unspecified atom stereocenters. The number of carbonyl (C=O) groups excluding carboxylic acids is 1. The standard InChI is InChI=1S/C12H12N4O4/c1-20-7-15-12(13)10(6-17)11(14-15)8-3-2-4-9(5-8)16(18)19/h2-6H,7,13H2,1H3. The monoisotopic (exact) mass is 276 g/mol. The minimum atomic E-state index is -0.514. The van der Waals surface area contributed by atoms with Gasteiger partial charge in [0.15, 0.2) is 6.29 Å². The first-order valence-corrected chi connectivity index (χ1v) is 5.63. The first kappa shape index (κ1) is 13.7. The number of nitro groups is 1. The number of benzene rings is 1. The molecule has 0 saturated heterocycles. The van der Waals surface area contributed by atoms with Crippen molar-refractivity contribution in [2.24, 2.45) is 0 Å². The zero-order valence-corrected chi connectivity index (χ0v) is 10.6. The third-order valence-corrected chi connectivity index (χ3v) is 2.73. The quantitative estimate of drug-likeness (QED) is 0.502. The first-order valence-electron chi connectivity index (χ1n) is 5.63. The van der Waals surface area contributed by atoms with Crippen molar-refractivity contribution >= 4 is 17.8 Å². The molecule has 0 radical (unpaired) electrons. The number of nitrogen functional groups attached to an aromatic ring is 1. The normalized spacial score (nSPS) is 10.4. The van der Waals surface area contributed by atoms with Crippen LogP contribution >= 0.6 is 0 Å². The summed E-state index contributed by atoms with van der Waals surface area (Å²) in [4.78, 5) is 21.4. The lowest BCUT2D eigenvalue weighted by molar-refractivity contribution is -0.384. The van der Waals surface area contributed by atoms with Gasteiger partial charge < -0.3 is 10.5 Å². The van der Waals surface area contributed by atoms with Crippen LogP contribution < -0.4 is 5.73 Å². The summed E-state index contributed by atoms with van der Waals surface area (Å²) in [6.45, 7) is 0.0849. The highest BCUT2D eigenvalue weighted by Gasteiger charge is 2.18. The number of anilines is 1. The Morgan fingerprint density at radius 3 is 2.90 bits per heavy atom. The number of nitrogens with zero attached hydrogens (tertiary/aromatic N) is 3. The number of methoxy groups -OCH3 is 1. The van der Waals surface area contributed by atoms with Crippen LogP contribution in [0.15, 0.2) is 24.3 Å². The van der Waals surface area contributed by atoms with Gasteiger partial charge >= 0.3 is 0 Å². The summed E-state index contributed by atoms with van der Waals surface area (Å²) in [5.74, 6) is 0.156. The van der Waals surface area contributed by atoms with Crippen molar-refractivity contribution in [2.45, 2.75) is 6.73 Å². The van der Waals surface area contributed by atoms with Crippen molar-refractivity contribution in [3.05, 3.63) is 39.9 Å². The molecule has 8 nitrogen and oxygen atoms in total. The predicted molar refractivity (Wildman–Crippen MR) is 71.1 cm³/mol. The van der Waals surface area contributed by atoms with Crippen molar-refractivity contribution in [1.82, 2.24) is 9.78 Å². The van der Waals surface area contributed by atoms with Crippen LogP contribution in [0.2, 0.25) is 0 Å². The van der Waals surface area contributed by atoms with Crippen LogP contribution in [0.5, 0.6) is 0 Å². The number of hydrogen-bond acceptors (Lipinski definition) is 6. The number of nitro benzene ring substituents is 1. The molecule has 0 spiro atoms. The lowest BCUT2D eigenvalue weighted by atomic mass is 10.1. The Morgan fingerprint density at radius 1 is 1.55 bits per heavy atom. The van der Waals surface area contributed by atoms with Crippen LogP contribution in [0.3, 0.4) is 0 Å². The second-order valence-corrected chi connectivity index (χ2v) is 3.99. The van der Waals surface area contributed by atoms with E-state index in [1.54, 1.807) is 6.07 Å². The summed E-state index contributed by atoms with van der Waals surface area (Å²) < 4.78 is 6.23. The molecule has 0 fully saturated rings. The number of rotatable bonds is 5. The Kier molecular flexibility index (Phi) is 3.76. The van der Waals surface area contributed by atoms with Crippen molar-refractivity contribution in [1.29, 1.82) is 0 Å². The maximum Gasteiger partial charge on any atom is 0.270 e. The molecular formula is C12H12N4O4. The summed E-state index contributed by atoms with van der Waals surface area (Å²) in [5, 5.41) is 14.9. The third kappa shape index (κ3) is 2.36. The molecular weight excluding hydrogens is 264 g/mol. The van der Waals surface area contributed by atoms with Gasteiger partial charge in [0.1, 0.15) is 18.2 Å². The summed E-state index contributed by atoms with van der Waals surface area (Å²) in [5.41, 5.74) is 6.63. The Balaban J connectivity index is 2.57. The molecule has 0 saturated carbocycles. The highest BCUT2D eigenvalue weighted by molar-refractivity contribution is 5.91. The van der Waals surface area contributed by atoms with E-state index >= 15 is 0 Å². The number of carbonyl (C=O) groups is 1. The number of aldehydes is 1. The van der Waals surface area contributed by atoms with Crippen LogP contribution in [-0.4, -0.2) is 28.1 Å². The topological polar surface area (TPSA) is 113 Å². The molecule has 8 heteroatoms. The SMILES string of the molecule is COCn1nc(-c2cccc([N+](=O)[O-])c2)c(C=O)c1N. The van der Waals surface area contributed by atoms with Crippen molar-refractivity contribution in [3.63, 3.8) is 0 Å². The zero-order chi connectivity index (χ0) is 14.7. The Morgan fingerprint density at radius 2 is 2.30 bits per heavy atom. The smallest absolute Gasteiger partial charge is 0.270 e. The van der Waals surface area contributed by atoms with Crippen LogP contribution in [0.4, 0.5) is 11.5 Å². The van der Waals surface area contributed by atoms with Gasteiger partial charge in [-0.2, -0.15) is 5.10 Å². The zero-order valence-electron chi connectivity index (χ0n) is 10.6. The van der Waals surface area contributed by atoms with E-state index in [0.29, 0.717) is 17.5 Å². The molecule has 0 amide bonds. The largest absolute Gasteiger partial charge is 0.383 e. The summed E-state index contributed by atoms with van der Waals surface area (Å²) in [7, 11) is 1.47. The Hall–Kier alpha value is -2.74. The summed E-state index contributed by atoms with van der Waals surface area (Å²) in [6.07, 6.45) is 0.572. The molecule has 2 aromatic rings. The first-order chi connectivity index (χ1) is 9.58. The highest BCUT2D eigenvalue weighted by Crippen LogP contribution is 2.28. The maximum atomic E-state index is 11.1. The molecule has 0 atom stereocenters. The predicted octanol–water partition coefficient (Wildman–Crippen LogP) is 1.46. The van der Waals surface area contributed by atoms with Crippen molar-refractivity contribution < 1.29 is 14.5 Å². The molecule has 0 aliphatic heterocycles. The fourth-order valence-electron chi connectivity index (χ4n) is 1.81. The fraction of sp³-hybridized carbons (Fsp3) is 0.167. The number of nitrogens with two attached hydrogens (primary N) is 1. The average Bonchev–Trinajstić information content (AvgIpc) is 2.76. The van der Waals surface area contributed by atoms with E-state index in [9.17, 15) is 14.9 Å². The maximum absolute atomic E-state index is 11.1. The fourth-order valence-corrected chi connectivity index (χ4v) is 1.81. The summed E-state index contributed by atoms with van der Waals surface area (Å²) in [6, 6.07) is 5.85. The van der Waals surface area contributed by atoms with E-state index in [4.69, 9.17) is 10.5 Å². The molecule has 0 aliphatic rings. The lowest BCUT2D eigenvalue weighted by Crippen LogP contribution is -2.06. The Bertz CT molecular complexity index is 665. The molecule has 2 rings (SSSR count). The minimum Gasteiger partial charge on any atom is -0.383 e. The molecule has 2 N–H and O–H groups in total. The van der Waals surface area contributed by atoms with E-state index in [1.807, 2.05) is 0 Å². The highest BCUT2D eigenvalue weighted by atomic mass is 16.6. The van der Waals surface area contributed by atoms with E-state index in [0.717, 1.165) is 0 Å². The van der Waals surface area contributed by atoms with E-state index in [-0.39, 0.29) is 23.8 Å². The van der Waals surface area contributed by atoms with E-state index in [1.165, 1.54) is 30.0 Å². The van der Waals surface area contributed by atoms with Gasteiger partial charge in [0.25, 0.3) is 5.69 Å². The third-order valence-electron chi connectivity index (χ3n) is 2.73. The number of aromatic nitrogens is 2. The van der Waals surface area contributed by atoms with Gasteiger partial charge in [0, 0.05) is 24.8 Å². The van der Waals surface area contributed by atoms with Gasteiger partial charge in [-0.3, -0.25) is 14.9 Å². The molecule has 1 heterocycles. The van der Waals surface area contributed by atoms with Crippen molar-refractivity contribution in [3.8, 4) is 11.3 Å².